The molecular formula is C28H43N3O6S. The summed E-state index contributed by atoms with van der Waals surface area (Å²) in [4.78, 5) is 53.9. The summed E-state index contributed by atoms with van der Waals surface area (Å²) in [6.07, 6.45) is 3.69. The van der Waals surface area contributed by atoms with Crippen LogP contribution in [0.5, 0.6) is 0 Å². The highest BCUT2D eigenvalue weighted by Gasteiger charge is 2.43. The Morgan fingerprint density at radius 1 is 1.16 bits per heavy atom. The Hall–Kier alpha value is -3.01. The maximum Gasteiger partial charge on any atom is 0.408 e. The molecule has 3 amide bonds. The van der Waals surface area contributed by atoms with E-state index in [2.05, 4.69) is 21.9 Å². The predicted octanol–water partition coefficient (Wildman–Crippen LogP) is 4.32. The normalized spacial score (nSPS) is 13.1. The van der Waals surface area contributed by atoms with Crippen LogP contribution in [0.25, 0.3) is 6.08 Å². The number of esters is 1. The van der Waals surface area contributed by atoms with E-state index in [0.29, 0.717) is 24.2 Å². The number of thioether (sulfide) groups is 1. The molecule has 0 saturated heterocycles. The molecule has 0 aliphatic rings. The third-order valence-corrected chi connectivity index (χ3v) is 6.60. The molecule has 2 N–H and O–H groups in total. The van der Waals surface area contributed by atoms with Crippen LogP contribution in [0, 0.1) is 0 Å². The van der Waals surface area contributed by atoms with Gasteiger partial charge in [-0.1, -0.05) is 37.8 Å². The SMILES string of the molecule is C=Cc1cccc(C(C(=O)NCC(=O)OC)N(C(=O)C(CCSC)NC(=O)OC(C)(C)C)C(C)(C)CC)c1. The summed E-state index contributed by atoms with van der Waals surface area (Å²) in [6.45, 7) is 14.3. The molecule has 0 heterocycles. The van der Waals surface area contributed by atoms with Gasteiger partial charge in [0.2, 0.25) is 11.8 Å². The largest absolute Gasteiger partial charge is 0.468 e. The average Bonchev–Trinajstić information content (AvgIpc) is 2.86. The lowest BCUT2D eigenvalue weighted by Gasteiger charge is -2.44. The number of hydrogen-bond acceptors (Lipinski definition) is 7. The van der Waals surface area contributed by atoms with Crippen molar-refractivity contribution in [3.8, 4) is 0 Å². The van der Waals surface area contributed by atoms with Gasteiger partial charge in [0, 0.05) is 5.54 Å². The highest BCUT2D eigenvalue weighted by atomic mass is 32.2. The lowest BCUT2D eigenvalue weighted by molar-refractivity contribution is -0.150. The van der Waals surface area contributed by atoms with Crippen molar-refractivity contribution in [2.75, 3.05) is 25.7 Å². The van der Waals surface area contributed by atoms with Crippen LogP contribution in [-0.4, -0.2) is 71.6 Å². The van der Waals surface area contributed by atoms with Crippen molar-refractivity contribution in [2.45, 2.75) is 77.6 Å². The zero-order valence-electron chi connectivity index (χ0n) is 23.9. The minimum atomic E-state index is -1.10. The van der Waals surface area contributed by atoms with E-state index in [1.807, 2.05) is 33.1 Å². The average molecular weight is 550 g/mol. The molecule has 0 aliphatic carbocycles. The van der Waals surface area contributed by atoms with Crippen LogP contribution in [0.1, 0.15) is 71.6 Å². The summed E-state index contributed by atoms with van der Waals surface area (Å²) in [6, 6.07) is 5.10. The summed E-state index contributed by atoms with van der Waals surface area (Å²) in [5.74, 6) is -1.00. The fourth-order valence-electron chi connectivity index (χ4n) is 3.66. The van der Waals surface area contributed by atoms with Gasteiger partial charge in [-0.25, -0.2) is 4.79 Å². The first-order valence-electron chi connectivity index (χ1n) is 12.6. The first kappa shape index (κ1) is 33.0. The molecule has 0 spiro atoms. The first-order valence-corrected chi connectivity index (χ1v) is 14.0. The first-order chi connectivity index (χ1) is 17.7. The summed E-state index contributed by atoms with van der Waals surface area (Å²) >= 11 is 1.54. The van der Waals surface area contributed by atoms with Crippen LogP contribution in [0.15, 0.2) is 30.8 Å². The lowest BCUT2D eigenvalue weighted by atomic mass is 9.91. The third kappa shape index (κ3) is 10.0. The van der Waals surface area contributed by atoms with Crippen LogP contribution in [0.3, 0.4) is 0 Å². The Bertz CT molecular complexity index is 989. The number of alkyl carbamates (subject to hydrolysis) is 1. The van der Waals surface area contributed by atoms with Crippen molar-refractivity contribution in [1.29, 1.82) is 0 Å². The molecule has 38 heavy (non-hydrogen) atoms. The number of benzene rings is 1. The molecule has 10 heteroatoms. The molecule has 1 rings (SSSR count). The van der Waals surface area contributed by atoms with Gasteiger partial charge in [0.05, 0.1) is 7.11 Å². The molecule has 2 unspecified atom stereocenters. The monoisotopic (exact) mass is 549 g/mol. The summed E-state index contributed by atoms with van der Waals surface area (Å²) < 4.78 is 10.1. The summed E-state index contributed by atoms with van der Waals surface area (Å²) in [5.41, 5.74) is -0.246. The minimum absolute atomic E-state index is 0.332. The van der Waals surface area contributed by atoms with Crippen molar-refractivity contribution in [2.24, 2.45) is 0 Å². The van der Waals surface area contributed by atoms with Gasteiger partial charge < -0.3 is 25.0 Å². The topological polar surface area (TPSA) is 114 Å². The zero-order valence-corrected chi connectivity index (χ0v) is 24.7. The van der Waals surface area contributed by atoms with E-state index in [9.17, 15) is 19.2 Å². The van der Waals surface area contributed by atoms with Crippen molar-refractivity contribution in [3.05, 3.63) is 42.0 Å². The van der Waals surface area contributed by atoms with E-state index in [-0.39, 0.29) is 6.54 Å². The van der Waals surface area contributed by atoms with E-state index in [1.165, 1.54) is 23.8 Å². The smallest absolute Gasteiger partial charge is 0.408 e. The van der Waals surface area contributed by atoms with Gasteiger partial charge in [0.15, 0.2) is 0 Å². The Morgan fingerprint density at radius 3 is 2.34 bits per heavy atom. The molecule has 2 atom stereocenters. The van der Waals surface area contributed by atoms with Gasteiger partial charge in [-0.15, -0.1) is 0 Å². The number of nitrogens with one attached hydrogen (secondary N) is 2. The molecule has 0 saturated carbocycles. The lowest BCUT2D eigenvalue weighted by Crippen LogP contribution is -2.59. The van der Waals surface area contributed by atoms with Crippen LogP contribution in [-0.2, 0) is 23.9 Å². The number of carbonyl (C=O) groups excluding carboxylic acids is 4. The fraction of sp³-hybridized carbons (Fsp3) is 0.571. The van der Waals surface area contributed by atoms with Crippen LogP contribution in [0.2, 0.25) is 0 Å². The Morgan fingerprint density at radius 2 is 1.82 bits per heavy atom. The van der Waals surface area contributed by atoms with E-state index in [4.69, 9.17) is 4.74 Å². The molecular weight excluding hydrogens is 506 g/mol. The van der Waals surface area contributed by atoms with E-state index >= 15 is 0 Å². The van der Waals surface area contributed by atoms with Crippen LogP contribution >= 0.6 is 11.8 Å². The number of nitrogens with zero attached hydrogens (tertiary/aromatic N) is 1. The number of hydrogen-bond donors (Lipinski definition) is 2. The minimum Gasteiger partial charge on any atom is -0.468 e. The van der Waals surface area contributed by atoms with Crippen molar-refractivity contribution >= 4 is 41.7 Å². The number of rotatable bonds is 13. The van der Waals surface area contributed by atoms with Crippen molar-refractivity contribution < 1.29 is 28.7 Å². The Balaban J connectivity index is 3.65. The number of amides is 3. The molecule has 0 radical (unpaired) electrons. The van der Waals surface area contributed by atoms with Gasteiger partial charge >= 0.3 is 12.1 Å². The Kier molecular flexibility index (Phi) is 12.9. The molecule has 0 aromatic heterocycles. The number of methoxy groups -OCH3 is 1. The van der Waals surface area contributed by atoms with E-state index < -0.39 is 47.1 Å². The van der Waals surface area contributed by atoms with Gasteiger partial charge in [-0.2, -0.15) is 11.8 Å². The highest BCUT2D eigenvalue weighted by Crippen LogP contribution is 2.33. The van der Waals surface area contributed by atoms with E-state index in [1.54, 1.807) is 45.0 Å². The fourth-order valence-corrected chi connectivity index (χ4v) is 4.13. The summed E-state index contributed by atoms with van der Waals surface area (Å²) in [5, 5.41) is 5.33. The Labute approximate surface area is 231 Å². The molecule has 0 fully saturated rings. The van der Waals surface area contributed by atoms with Gasteiger partial charge in [0.25, 0.3) is 0 Å². The maximum atomic E-state index is 14.3. The molecule has 212 valence electrons. The molecule has 1 aromatic carbocycles. The predicted molar refractivity (Wildman–Crippen MR) is 152 cm³/mol. The second-order valence-corrected chi connectivity index (χ2v) is 11.4. The van der Waals surface area contributed by atoms with E-state index in [0.717, 1.165) is 5.56 Å². The second-order valence-electron chi connectivity index (χ2n) is 10.4. The highest BCUT2D eigenvalue weighted by molar-refractivity contribution is 7.98. The summed E-state index contributed by atoms with van der Waals surface area (Å²) in [7, 11) is 1.23. The van der Waals surface area contributed by atoms with Gasteiger partial charge in [0.1, 0.15) is 24.2 Å². The van der Waals surface area contributed by atoms with Gasteiger partial charge in [-0.05, 0) is 76.7 Å². The quantitative estimate of drug-likeness (QED) is 0.352. The van der Waals surface area contributed by atoms with Gasteiger partial charge in [-0.3, -0.25) is 14.4 Å². The number of carbonyl (C=O) groups is 4. The molecule has 1 aromatic rings. The van der Waals surface area contributed by atoms with Crippen LogP contribution in [0.4, 0.5) is 4.79 Å². The molecule has 9 nitrogen and oxygen atoms in total. The number of ether oxygens (including phenoxy) is 2. The maximum absolute atomic E-state index is 14.3. The van der Waals surface area contributed by atoms with Crippen molar-refractivity contribution in [1.82, 2.24) is 15.5 Å². The zero-order chi connectivity index (χ0) is 29.1. The van der Waals surface area contributed by atoms with Crippen LogP contribution < -0.4 is 10.6 Å². The molecule has 0 bridgehead atoms. The van der Waals surface area contributed by atoms with Crippen molar-refractivity contribution in [3.63, 3.8) is 0 Å². The standard InChI is InChI=1S/C28H43N3O6S/c1-10-19-13-12-14-20(17-19)23(24(33)29-18-22(32)36-8)31(28(6,7)11-2)25(34)21(15-16-38-9)30-26(35)37-27(3,4)5/h10,12-14,17,21,23H,1,11,15-16,18H2,2-9H3,(H,29,33)(H,30,35). The second kappa shape index (κ2) is 14.8. The molecule has 0 aliphatic heterocycles. The third-order valence-electron chi connectivity index (χ3n) is 5.96.